The zero-order chi connectivity index (χ0) is 18.4. The molecule has 0 bridgehead atoms. The molecule has 0 spiro atoms. The normalized spacial score (nSPS) is 11.0. The summed E-state index contributed by atoms with van der Waals surface area (Å²) in [5.41, 5.74) is 3.96. The number of nitrogens with zero attached hydrogens (tertiary/aromatic N) is 1. The van der Waals surface area contributed by atoms with Crippen LogP contribution in [0.15, 0.2) is 59.0 Å². The maximum atomic E-state index is 12.2. The average Bonchev–Trinajstić information content (AvgIpc) is 3.09. The summed E-state index contributed by atoms with van der Waals surface area (Å²) in [6, 6.07) is 14.9. The maximum Gasteiger partial charge on any atom is 0.240 e. The minimum atomic E-state index is -0.294. The second kappa shape index (κ2) is 8.40. The number of amides is 1. The van der Waals surface area contributed by atoms with E-state index >= 15 is 0 Å². The third-order valence-electron chi connectivity index (χ3n) is 3.87. The van der Waals surface area contributed by atoms with Gasteiger partial charge >= 0.3 is 0 Å². The van der Waals surface area contributed by atoms with Gasteiger partial charge in [0.2, 0.25) is 5.91 Å². The van der Waals surface area contributed by atoms with Crippen LogP contribution in [-0.4, -0.2) is 25.0 Å². The third kappa shape index (κ3) is 4.34. The van der Waals surface area contributed by atoms with E-state index in [1.165, 1.54) is 4.70 Å². The van der Waals surface area contributed by atoms with Crippen molar-refractivity contribution in [1.82, 2.24) is 5.43 Å². The summed E-state index contributed by atoms with van der Waals surface area (Å²) in [6.07, 6.45) is 1.83. The number of carbonyl (C=O) groups excluding carboxylic acids is 2. The number of methoxy groups -OCH3 is 1. The highest BCUT2D eigenvalue weighted by atomic mass is 32.1. The van der Waals surface area contributed by atoms with Crippen molar-refractivity contribution in [2.75, 3.05) is 7.11 Å². The highest BCUT2D eigenvalue weighted by Gasteiger charge is 2.10. The van der Waals surface area contributed by atoms with Crippen LogP contribution < -0.4 is 10.2 Å². The fraction of sp³-hybridized carbons (Fsp3) is 0.150. The highest BCUT2D eigenvalue weighted by molar-refractivity contribution is 7.17. The molecule has 1 amide bonds. The standard InChI is InChI=1S/C20H18N2O3S/c1-25-16-6-4-5-14(11-16)18(23)9-10-20(24)22-21-12-15-13-26-19-8-3-2-7-17(15)19/h2-8,11-13H,9-10H2,1H3,(H,22,24)/b21-12+. The third-order valence-corrected chi connectivity index (χ3v) is 4.86. The molecule has 26 heavy (non-hydrogen) atoms. The van der Waals surface area contributed by atoms with Crippen LogP contribution in [0.25, 0.3) is 10.1 Å². The lowest BCUT2D eigenvalue weighted by Crippen LogP contribution is -2.18. The summed E-state index contributed by atoms with van der Waals surface area (Å²) in [4.78, 5) is 24.0. The van der Waals surface area contributed by atoms with Crippen LogP contribution >= 0.6 is 11.3 Å². The van der Waals surface area contributed by atoms with Crippen LogP contribution in [0.2, 0.25) is 0 Å². The number of ketones is 1. The Morgan fingerprint density at radius 1 is 1.15 bits per heavy atom. The van der Waals surface area contributed by atoms with E-state index < -0.39 is 0 Å². The van der Waals surface area contributed by atoms with Gasteiger partial charge in [-0.05, 0) is 18.2 Å². The van der Waals surface area contributed by atoms with Gasteiger partial charge in [-0.3, -0.25) is 9.59 Å². The quantitative estimate of drug-likeness (QED) is 0.390. The first-order chi connectivity index (χ1) is 12.7. The first-order valence-electron chi connectivity index (χ1n) is 8.13. The van der Waals surface area contributed by atoms with Crippen molar-refractivity contribution in [2.24, 2.45) is 5.10 Å². The van der Waals surface area contributed by atoms with Crippen LogP contribution in [0.4, 0.5) is 0 Å². The van der Waals surface area contributed by atoms with Crippen LogP contribution in [0.1, 0.15) is 28.8 Å². The number of benzene rings is 2. The zero-order valence-electron chi connectivity index (χ0n) is 14.3. The Balaban J connectivity index is 1.51. The molecular formula is C20H18N2O3S. The molecule has 0 radical (unpaired) electrons. The van der Waals surface area contributed by atoms with E-state index in [2.05, 4.69) is 10.5 Å². The number of rotatable bonds is 7. The molecule has 0 aliphatic heterocycles. The van der Waals surface area contributed by atoms with Crippen LogP contribution in [-0.2, 0) is 4.79 Å². The number of ether oxygens (including phenoxy) is 1. The van der Waals surface area contributed by atoms with Crippen molar-refractivity contribution in [3.05, 3.63) is 65.0 Å². The lowest BCUT2D eigenvalue weighted by atomic mass is 10.1. The van der Waals surface area contributed by atoms with Gasteiger partial charge in [0.05, 0.1) is 13.3 Å². The highest BCUT2D eigenvalue weighted by Crippen LogP contribution is 2.24. The van der Waals surface area contributed by atoms with Crippen molar-refractivity contribution < 1.29 is 14.3 Å². The minimum Gasteiger partial charge on any atom is -0.497 e. The molecular weight excluding hydrogens is 348 g/mol. The Bertz CT molecular complexity index is 962. The smallest absolute Gasteiger partial charge is 0.240 e. The van der Waals surface area contributed by atoms with Gasteiger partial charge in [0.15, 0.2) is 5.78 Å². The molecule has 0 atom stereocenters. The van der Waals surface area contributed by atoms with Gasteiger partial charge in [0.25, 0.3) is 0 Å². The number of nitrogens with one attached hydrogen (secondary N) is 1. The second-order valence-corrected chi connectivity index (χ2v) is 6.55. The fourth-order valence-electron chi connectivity index (χ4n) is 2.50. The van der Waals surface area contributed by atoms with Gasteiger partial charge < -0.3 is 4.74 Å². The van der Waals surface area contributed by atoms with Crippen molar-refractivity contribution in [2.45, 2.75) is 12.8 Å². The molecule has 132 valence electrons. The predicted octanol–water partition coefficient (Wildman–Crippen LogP) is 4.02. The van der Waals surface area contributed by atoms with Crippen molar-refractivity contribution >= 4 is 39.3 Å². The van der Waals surface area contributed by atoms with Gasteiger partial charge in [-0.2, -0.15) is 5.10 Å². The molecule has 1 heterocycles. The van der Waals surface area contributed by atoms with Crippen molar-refractivity contribution in [3.8, 4) is 5.75 Å². The van der Waals surface area contributed by atoms with E-state index in [1.54, 1.807) is 48.9 Å². The average molecular weight is 366 g/mol. The first kappa shape index (κ1) is 17.8. The zero-order valence-corrected chi connectivity index (χ0v) is 15.1. The van der Waals surface area contributed by atoms with Gasteiger partial charge in [-0.25, -0.2) is 5.43 Å². The number of thiophene rings is 1. The van der Waals surface area contributed by atoms with E-state index in [0.717, 1.165) is 10.9 Å². The summed E-state index contributed by atoms with van der Waals surface area (Å²) < 4.78 is 6.27. The van der Waals surface area contributed by atoms with E-state index in [9.17, 15) is 9.59 Å². The molecule has 5 nitrogen and oxygen atoms in total. The number of hydrazone groups is 1. The molecule has 0 saturated carbocycles. The Kier molecular flexibility index (Phi) is 5.76. The Morgan fingerprint density at radius 2 is 2.00 bits per heavy atom. The summed E-state index contributed by atoms with van der Waals surface area (Å²) >= 11 is 1.63. The molecule has 0 fully saturated rings. The molecule has 6 heteroatoms. The van der Waals surface area contributed by atoms with Gasteiger partial charge in [-0.1, -0.05) is 30.3 Å². The Morgan fingerprint density at radius 3 is 2.85 bits per heavy atom. The molecule has 3 rings (SSSR count). The molecule has 0 saturated heterocycles. The Labute approximate surface area is 155 Å². The molecule has 0 aliphatic carbocycles. The summed E-state index contributed by atoms with van der Waals surface area (Å²) in [7, 11) is 1.55. The van der Waals surface area contributed by atoms with E-state index in [4.69, 9.17) is 4.74 Å². The van der Waals surface area contributed by atoms with Gasteiger partial charge in [0, 0.05) is 39.4 Å². The summed E-state index contributed by atoms with van der Waals surface area (Å²) in [5, 5.41) is 7.09. The SMILES string of the molecule is COc1cccc(C(=O)CCC(=O)N/N=C/c2csc3ccccc23)c1. The molecule has 0 aliphatic rings. The number of hydrogen-bond donors (Lipinski definition) is 1. The predicted molar refractivity (Wildman–Crippen MR) is 104 cm³/mol. The first-order valence-corrected chi connectivity index (χ1v) is 9.01. The molecule has 1 aromatic heterocycles. The molecule has 0 unspecified atom stereocenters. The Hall–Kier alpha value is -2.99. The number of fused-ring (bicyclic) bond motifs is 1. The number of hydrogen-bond acceptors (Lipinski definition) is 5. The van der Waals surface area contributed by atoms with Gasteiger partial charge in [-0.15, -0.1) is 11.3 Å². The summed E-state index contributed by atoms with van der Waals surface area (Å²) in [6.45, 7) is 0. The molecule has 1 N–H and O–H groups in total. The summed E-state index contributed by atoms with van der Waals surface area (Å²) in [5.74, 6) is 0.219. The van der Waals surface area contributed by atoms with E-state index in [-0.39, 0.29) is 24.5 Å². The minimum absolute atomic E-state index is 0.0811. The van der Waals surface area contributed by atoms with E-state index in [0.29, 0.717) is 11.3 Å². The second-order valence-electron chi connectivity index (χ2n) is 5.64. The fourth-order valence-corrected chi connectivity index (χ4v) is 3.41. The monoisotopic (exact) mass is 366 g/mol. The van der Waals surface area contributed by atoms with Crippen LogP contribution in [0.5, 0.6) is 5.75 Å². The maximum absolute atomic E-state index is 12.2. The number of Topliss-reactive ketones (excluding diaryl/α,β-unsaturated/α-hetero) is 1. The lowest BCUT2D eigenvalue weighted by Gasteiger charge is -2.03. The van der Waals surface area contributed by atoms with E-state index in [1.807, 2.05) is 29.6 Å². The number of carbonyl (C=O) groups is 2. The van der Waals surface area contributed by atoms with Crippen LogP contribution in [0.3, 0.4) is 0 Å². The molecule has 2 aromatic carbocycles. The molecule has 3 aromatic rings. The largest absolute Gasteiger partial charge is 0.497 e. The van der Waals surface area contributed by atoms with Crippen molar-refractivity contribution in [3.63, 3.8) is 0 Å². The van der Waals surface area contributed by atoms with Crippen LogP contribution in [0, 0.1) is 0 Å². The lowest BCUT2D eigenvalue weighted by molar-refractivity contribution is -0.121. The topological polar surface area (TPSA) is 67.8 Å². The van der Waals surface area contributed by atoms with Crippen molar-refractivity contribution in [1.29, 1.82) is 0 Å². The van der Waals surface area contributed by atoms with Gasteiger partial charge in [0.1, 0.15) is 5.75 Å².